The highest BCUT2D eigenvalue weighted by Crippen LogP contribution is 2.11. The minimum absolute atomic E-state index is 0.0233. The smallest absolute Gasteiger partial charge is 0.340 e. The predicted molar refractivity (Wildman–Crippen MR) is 64.4 cm³/mol. The molecule has 0 aliphatic heterocycles. The van der Waals surface area contributed by atoms with Gasteiger partial charge < -0.3 is 10.1 Å². The Bertz CT molecular complexity index is 380. The van der Waals surface area contributed by atoms with Crippen LogP contribution in [-0.4, -0.2) is 19.6 Å². The van der Waals surface area contributed by atoms with E-state index in [1.54, 1.807) is 6.07 Å². The maximum absolute atomic E-state index is 13.5. The maximum Gasteiger partial charge on any atom is 0.340 e. The number of esters is 1. The number of rotatable bonds is 6. The molecule has 0 saturated carbocycles. The van der Waals surface area contributed by atoms with Gasteiger partial charge in [0.1, 0.15) is 5.82 Å². The summed E-state index contributed by atoms with van der Waals surface area (Å²) in [7, 11) is 1.24. The fraction of sp³-hybridized carbons (Fsp3) is 0.462. The van der Waals surface area contributed by atoms with Gasteiger partial charge in [0.25, 0.3) is 0 Å². The zero-order valence-corrected chi connectivity index (χ0v) is 10.3. The van der Waals surface area contributed by atoms with Crippen molar-refractivity contribution in [3.8, 4) is 0 Å². The van der Waals surface area contributed by atoms with E-state index in [0.29, 0.717) is 6.54 Å². The van der Waals surface area contributed by atoms with Gasteiger partial charge in [0, 0.05) is 6.54 Å². The van der Waals surface area contributed by atoms with Crippen LogP contribution in [0.3, 0.4) is 0 Å². The second-order valence-corrected chi connectivity index (χ2v) is 3.84. The molecule has 1 N–H and O–H groups in total. The molecule has 0 fully saturated rings. The van der Waals surface area contributed by atoms with E-state index in [1.807, 2.05) is 0 Å². The lowest BCUT2D eigenvalue weighted by Crippen LogP contribution is -2.15. The molecule has 0 radical (unpaired) electrons. The lowest BCUT2D eigenvalue weighted by Gasteiger charge is -2.06. The molecule has 17 heavy (non-hydrogen) atoms. The molecule has 0 spiro atoms. The number of hydrogen-bond acceptors (Lipinski definition) is 3. The highest BCUT2D eigenvalue weighted by Gasteiger charge is 2.11. The van der Waals surface area contributed by atoms with Crippen LogP contribution in [0.5, 0.6) is 0 Å². The molecule has 0 unspecified atom stereocenters. The molecule has 0 amide bonds. The second kappa shape index (κ2) is 7.01. The van der Waals surface area contributed by atoms with E-state index in [4.69, 9.17) is 0 Å². The van der Waals surface area contributed by atoms with Crippen molar-refractivity contribution >= 4 is 5.97 Å². The van der Waals surface area contributed by atoms with Gasteiger partial charge in [-0.1, -0.05) is 19.4 Å². The molecule has 0 bridgehead atoms. The van der Waals surface area contributed by atoms with E-state index >= 15 is 0 Å². The van der Waals surface area contributed by atoms with Crippen molar-refractivity contribution in [1.82, 2.24) is 5.32 Å². The Morgan fingerprint density at radius 1 is 1.47 bits per heavy atom. The number of methoxy groups -OCH3 is 1. The number of unbranched alkanes of at least 4 members (excludes halogenated alkanes) is 1. The Morgan fingerprint density at radius 2 is 2.24 bits per heavy atom. The first-order valence-electron chi connectivity index (χ1n) is 5.76. The van der Waals surface area contributed by atoms with E-state index in [9.17, 15) is 9.18 Å². The molecule has 94 valence electrons. The van der Waals surface area contributed by atoms with Crippen LogP contribution in [0.25, 0.3) is 0 Å². The van der Waals surface area contributed by atoms with E-state index in [0.717, 1.165) is 24.9 Å². The van der Waals surface area contributed by atoms with Gasteiger partial charge in [-0.05, 0) is 30.7 Å². The zero-order chi connectivity index (χ0) is 12.7. The first-order valence-corrected chi connectivity index (χ1v) is 5.76. The standard InChI is InChI=1S/C13H18FNO2/c1-3-4-7-15-9-10-5-6-11(12(14)8-10)13(16)17-2/h5-6,8,15H,3-4,7,9H2,1-2H3. The van der Waals surface area contributed by atoms with Gasteiger partial charge in [-0.25, -0.2) is 9.18 Å². The SMILES string of the molecule is CCCCNCc1ccc(C(=O)OC)c(F)c1. The number of nitrogens with one attached hydrogen (secondary N) is 1. The summed E-state index contributed by atoms with van der Waals surface area (Å²) in [5.74, 6) is -1.18. The van der Waals surface area contributed by atoms with Crippen molar-refractivity contribution < 1.29 is 13.9 Å². The van der Waals surface area contributed by atoms with Gasteiger partial charge in [0.2, 0.25) is 0 Å². The third-order valence-electron chi connectivity index (χ3n) is 2.48. The van der Waals surface area contributed by atoms with E-state index in [-0.39, 0.29) is 5.56 Å². The summed E-state index contributed by atoms with van der Waals surface area (Å²) in [5.41, 5.74) is 0.802. The van der Waals surface area contributed by atoms with Gasteiger partial charge in [-0.2, -0.15) is 0 Å². The third kappa shape index (κ3) is 4.15. The van der Waals surface area contributed by atoms with Crippen LogP contribution in [0, 0.1) is 5.82 Å². The Balaban J connectivity index is 2.59. The fourth-order valence-electron chi connectivity index (χ4n) is 1.48. The molecule has 0 aliphatic carbocycles. The Kier molecular flexibility index (Phi) is 5.63. The predicted octanol–water partition coefficient (Wildman–Crippen LogP) is 2.50. The number of benzene rings is 1. The zero-order valence-electron chi connectivity index (χ0n) is 10.3. The quantitative estimate of drug-likeness (QED) is 0.612. The molecule has 1 aromatic rings. The molecule has 0 saturated heterocycles. The molecule has 0 heterocycles. The molecule has 4 heteroatoms. The van der Waals surface area contributed by atoms with Crippen molar-refractivity contribution in [1.29, 1.82) is 0 Å². The van der Waals surface area contributed by atoms with Crippen LogP contribution in [0.4, 0.5) is 4.39 Å². The summed E-state index contributed by atoms with van der Waals surface area (Å²) >= 11 is 0. The lowest BCUT2D eigenvalue weighted by molar-refractivity contribution is 0.0595. The molecule has 1 rings (SSSR count). The van der Waals surface area contributed by atoms with Crippen LogP contribution in [0.2, 0.25) is 0 Å². The number of carbonyl (C=O) groups is 1. The number of hydrogen-bond donors (Lipinski definition) is 1. The largest absolute Gasteiger partial charge is 0.465 e. The Hall–Kier alpha value is -1.42. The van der Waals surface area contributed by atoms with Gasteiger partial charge in [0.05, 0.1) is 12.7 Å². The fourth-order valence-corrected chi connectivity index (χ4v) is 1.48. The lowest BCUT2D eigenvalue weighted by atomic mass is 10.1. The summed E-state index contributed by atoms with van der Waals surface area (Å²) in [6.45, 7) is 3.64. The Labute approximate surface area is 101 Å². The van der Waals surface area contributed by atoms with Crippen LogP contribution in [0.1, 0.15) is 35.7 Å². The Morgan fingerprint density at radius 3 is 2.82 bits per heavy atom. The third-order valence-corrected chi connectivity index (χ3v) is 2.48. The summed E-state index contributed by atoms with van der Waals surface area (Å²) in [6, 6.07) is 4.55. The van der Waals surface area contributed by atoms with E-state index in [2.05, 4.69) is 17.0 Å². The maximum atomic E-state index is 13.5. The molecular weight excluding hydrogens is 221 g/mol. The van der Waals surface area contributed by atoms with Crippen molar-refractivity contribution in [2.45, 2.75) is 26.3 Å². The van der Waals surface area contributed by atoms with Crippen molar-refractivity contribution in [2.75, 3.05) is 13.7 Å². The summed E-state index contributed by atoms with van der Waals surface area (Å²) < 4.78 is 18.0. The first-order chi connectivity index (χ1) is 8.19. The van der Waals surface area contributed by atoms with Gasteiger partial charge in [0.15, 0.2) is 0 Å². The van der Waals surface area contributed by atoms with Crippen molar-refractivity contribution in [3.63, 3.8) is 0 Å². The van der Waals surface area contributed by atoms with Crippen molar-refractivity contribution in [2.24, 2.45) is 0 Å². The minimum Gasteiger partial charge on any atom is -0.465 e. The average Bonchev–Trinajstić information content (AvgIpc) is 2.34. The monoisotopic (exact) mass is 239 g/mol. The summed E-state index contributed by atoms with van der Waals surface area (Å²) in [6.07, 6.45) is 2.23. The minimum atomic E-state index is -0.645. The highest BCUT2D eigenvalue weighted by molar-refractivity contribution is 5.89. The second-order valence-electron chi connectivity index (χ2n) is 3.84. The molecular formula is C13H18FNO2. The first kappa shape index (κ1) is 13.6. The topological polar surface area (TPSA) is 38.3 Å². The van der Waals surface area contributed by atoms with Gasteiger partial charge in [-0.3, -0.25) is 0 Å². The number of carbonyl (C=O) groups excluding carboxylic acids is 1. The molecule has 3 nitrogen and oxygen atoms in total. The molecule has 1 aromatic carbocycles. The normalized spacial score (nSPS) is 10.3. The van der Waals surface area contributed by atoms with E-state index in [1.165, 1.54) is 19.2 Å². The highest BCUT2D eigenvalue weighted by atomic mass is 19.1. The molecule has 0 atom stereocenters. The van der Waals surface area contributed by atoms with Crippen LogP contribution >= 0.6 is 0 Å². The summed E-state index contributed by atoms with van der Waals surface area (Å²) in [4.78, 5) is 11.2. The van der Waals surface area contributed by atoms with E-state index < -0.39 is 11.8 Å². The number of halogens is 1. The molecule has 0 aliphatic rings. The van der Waals surface area contributed by atoms with Crippen molar-refractivity contribution in [3.05, 3.63) is 35.1 Å². The van der Waals surface area contributed by atoms with Crippen LogP contribution in [-0.2, 0) is 11.3 Å². The molecule has 0 aromatic heterocycles. The van der Waals surface area contributed by atoms with Crippen LogP contribution < -0.4 is 5.32 Å². The number of ether oxygens (including phenoxy) is 1. The van der Waals surface area contributed by atoms with Gasteiger partial charge in [-0.15, -0.1) is 0 Å². The summed E-state index contributed by atoms with van der Waals surface area (Å²) in [5, 5.41) is 3.21. The van der Waals surface area contributed by atoms with Gasteiger partial charge >= 0.3 is 5.97 Å². The average molecular weight is 239 g/mol. The van der Waals surface area contributed by atoms with Crippen LogP contribution in [0.15, 0.2) is 18.2 Å².